The summed E-state index contributed by atoms with van der Waals surface area (Å²) < 4.78 is 12.2. The fraction of sp³-hybridized carbons (Fsp3) is 0.571. The fourth-order valence-electron chi connectivity index (χ4n) is 7.51. The molecule has 1 spiro atoms. The van der Waals surface area contributed by atoms with Crippen LogP contribution < -0.4 is 15.4 Å². The number of nitrogen functional groups attached to an aromatic ring is 1. The number of rotatable bonds is 3. The highest BCUT2D eigenvalue weighted by Crippen LogP contribution is 2.55. The van der Waals surface area contributed by atoms with Gasteiger partial charge in [0.2, 0.25) is 0 Å². The van der Waals surface area contributed by atoms with Crippen LogP contribution in [-0.2, 0) is 18.3 Å². The minimum Gasteiger partial charge on any atom is -0.486 e. The Bertz CT molecular complexity index is 1440. The third-order valence-electron chi connectivity index (χ3n) is 9.29. The zero-order valence-corrected chi connectivity index (χ0v) is 22.8. The second-order valence-corrected chi connectivity index (χ2v) is 12.4. The molecular weight excluding hydrogens is 498 g/mol. The molecule has 7 rings (SSSR count). The minimum atomic E-state index is -0.351. The predicted octanol–water partition coefficient (Wildman–Crippen LogP) is 4.29. The topological polar surface area (TPSA) is 117 Å². The molecule has 38 heavy (non-hydrogen) atoms. The molecule has 0 bridgehead atoms. The van der Waals surface area contributed by atoms with E-state index in [1.807, 2.05) is 0 Å². The van der Waals surface area contributed by atoms with Gasteiger partial charge in [-0.15, -0.1) is 11.3 Å². The fourth-order valence-corrected chi connectivity index (χ4v) is 8.67. The van der Waals surface area contributed by atoms with E-state index >= 15 is 0 Å². The number of nitrogens with zero attached hydrogens (tertiary/aromatic N) is 6. The Kier molecular flexibility index (Phi) is 5.64. The Morgan fingerprint density at radius 2 is 2.08 bits per heavy atom. The van der Waals surface area contributed by atoms with Crippen molar-refractivity contribution in [3.63, 3.8) is 0 Å². The number of likely N-dealkylation sites (tertiary alicyclic amines) is 1. The van der Waals surface area contributed by atoms with Crippen molar-refractivity contribution < 1.29 is 9.26 Å². The van der Waals surface area contributed by atoms with Gasteiger partial charge in [-0.25, -0.2) is 9.97 Å². The van der Waals surface area contributed by atoms with Crippen LogP contribution in [0.1, 0.15) is 72.8 Å². The van der Waals surface area contributed by atoms with E-state index in [-0.39, 0.29) is 5.41 Å². The van der Waals surface area contributed by atoms with Crippen molar-refractivity contribution in [3.8, 4) is 23.3 Å². The Labute approximate surface area is 226 Å². The largest absolute Gasteiger partial charge is 0.486 e. The van der Waals surface area contributed by atoms with Crippen molar-refractivity contribution >= 4 is 22.2 Å². The lowest BCUT2D eigenvalue weighted by molar-refractivity contribution is 0.247. The maximum atomic E-state index is 9.98. The standard InChI is InChI=1S/C28H33N7O2S/c1-16(19-7-5-11-34(19)2)35-12-13-36-20-15-31-26(32-27(20)35)23-17-6-3-9-28(24(17)37-33-23)10-4-8-21-22(28)18(14-29)25(30)38-21/h15-16,19H,3-13,30H2,1-2H3/t16-,19-,28-/m0/s1. The summed E-state index contributed by atoms with van der Waals surface area (Å²) in [5.74, 6) is 3.03. The van der Waals surface area contributed by atoms with E-state index in [0.29, 0.717) is 40.8 Å². The lowest BCUT2D eigenvalue weighted by Crippen LogP contribution is -2.49. The molecule has 9 nitrogen and oxygen atoms in total. The van der Waals surface area contributed by atoms with Crippen molar-refractivity contribution in [1.29, 1.82) is 5.26 Å². The normalized spacial score (nSPS) is 25.4. The van der Waals surface area contributed by atoms with Crippen LogP contribution in [0, 0.1) is 11.3 Å². The Balaban J connectivity index is 1.30. The van der Waals surface area contributed by atoms with Gasteiger partial charge in [0, 0.05) is 22.5 Å². The summed E-state index contributed by atoms with van der Waals surface area (Å²) in [4.78, 5) is 15.8. The highest BCUT2D eigenvalue weighted by atomic mass is 32.1. The van der Waals surface area contributed by atoms with Gasteiger partial charge in [0.05, 0.1) is 23.7 Å². The lowest BCUT2D eigenvalue weighted by atomic mass is 9.63. The summed E-state index contributed by atoms with van der Waals surface area (Å²) in [6.07, 6.45) is 9.95. The molecule has 0 amide bonds. The maximum absolute atomic E-state index is 9.98. The van der Waals surface area contributed by atoms with Gasteiger partial charge in [0.25, 0.3) is 0 Å². The van der Waals surface area contributed by atoms with E-state index in [1.54, 1.807) is 17.5 Å². The van der Waals surface area contributed by atoms with E-state index in [9.17, 15) is 5.26 Å². The molecule has 2 aliphatic heterocycles. The summed E-state index contributed by atoms with van der Waals surface area (Å²) >= 11 is 1.56. The SMILES string of the molecule is C[C@@H]([C@@H]1CCCN1C)N1CCOc2cnc(-c3noc4c3CCC[C@@]43CCCc4sc(N)c(C#N)c43)nc21. The quantitative estimate of drug-likeness (QED) is 0.528. The molecule has 0 radical (unpaired) electrons. The lowest BCUT2D eigenvalue weighted by Gasteiger charge is -2.39. The third-order valence-corrected chi connectivity index (χ3v) is 10.4. The van der Waals surface area contributed by atoms with E-state index in [4.69, 9.17) is 25.0 Å². The molecule has 0 saturated carbocycles. The average molecular weight is 532 g/mol. The van der Waals surface area contributed by atoms with Gasteiger partial charge in [-0.1, -0.05) is 5.16 Å². The van der Waals surface area contributed by atoms with Crippen LogP contribution >= 0.6 is 11.3 Å². The van der Waals surface area contributed by atoms with Crippen molar-refractivity contribution in [3.05, 3.63) is 33.5 Å². The van der Waals surface area contributed by atoms with Crippen molar-refractivity contribution in [2.45, 2.75) is 75.8 Å². The number of hydrogen-bond donors (Lipinski definition) is 1. The van der Waals surface area contributed by atoms with Gasteiger partial charge >= 0.3 is 0 Å². The smallest absolute Gasteiger partial charge is 0.184 e. The number of thiophene rings is 1. The number of ether oxygens (including phenoxy) is 1. The molecule has 1 saturated heterocycles. The zero-order valence-electron chi connectivity index (χ0n) is 22.0. The first-order valence-corrected chi connectivity index (χ1v) is 14.6. The molecule has 3 aromatic heterocycles. The summed E-state index contributed by atoms with van der Waals surface area (Å²) in [5.41, 5.74) is 9.45. The molecule has 198 valence electrons. The summed E-state index contributed by atoms with van der Waals surface area (Å²) in [6.45, 7) is 4.87. The summed E-state index contributed by atoms with van der Waals surface area (Å²) in [7, 11) is 2.22. The van der Waals surface area contributed by atoms with Crippen molar-refractivity contribution in [2.24, 2.45) is 0 Å². The minimum absolute atomic E-state index is 0.316. The monoisotopic (exact) mass is 531 g/mol. The maximum Gasteiger partial charge on any atom is 0.184 e. The average Bonchev–Trinajstić information content (AvgIpc) is 3.65. The summed E-state index contributed by atoms with van der Waals surface area (Å²) in [5, 5.41) is 15.2. The number of anilines is 2. The van der Waals surface area contributed by atoms with E-state index in [0.717, 1.165) is 80.1 Å². The van der Waals surface area contributed by atoms with Gasteiger partial charge in [-0.05, 0) is 77.4 Å². The van der Waals surface area contributed by atoms with Gasteiger partial charge < -0.3 is 24.8 Å². The molecule has 4 aliphatic rings. The molecule has 5 heterocycles. The van der Waals surface area contributed by atoms with E-state index < -0.39 is 0 Å². The molecule has 0 aromatic carbocycles. The zero-order chi connectivity index (χ0) is 26.0. The molecular formula is C28H33N7O2S. The van der Waals surface area contributed by atoms with Crippen molar-refractivity contribution in [2.75, 3.05) is 37.4 Å². The van der Waals surface area contributed by atoms with Gasteiger partial charge in [-0.3, -0.25) is 0 Å². The number of likely N-dealkylation sites (N-methyl/N-ethyl adjacent to an activating group) is 1. The van der Waals surface area contributed by atoms with Gasteiger partial charge in [0.15, 0.2) is 28.8 Å². The molecule has 10 heteroatoms. The Hall–Kier alpha value is -3.16. The third kappa shape index (κ3) is 3.41. The van der Waals surface area contributed by atoms with E-state index in [2.05, 4.69) is 35.0 Å². The number of fused-ring (bicyclic) bond motifs is 5. The first-order valence-electron chi connectivity index (χ1n) is 13.8. The van der Waals surface area contributed by atoms with Crippen molar-refractivity contribution in [1.82, 2.24) is 20.0 Å². The molecule has 2 N–H and O–H groups in total. The Morgan fingerprint density at radius 3 is 2.87 bits per heavy atom. The van der Waals surface area contributed by atoms with Gasteiger partial charge in [0.1, 0.15) is 17.7 Å². The number of hydrogen-bond acceptors (Lipinski definition) is 10. The van der Waals surface area contributed by atoms with Crippen LogP contribution in [0.2, 0.25) is 0 Å². The molecule has 2 aliphatic carbocycles. The second-order valence-electron chi connectivity index (χ2n) is 11.2. The number of aromatic nitrogens is 3. The molecule has 3 atom stereocenters. The van der Waals surface area contributed by atoms with E-state index in [1.165, 1.54) is 17.7 Å². The Morgan fingerprint density at radius 1 is 1.24 bits per heavy atom. The van der Waals surface area contributed by atoms with Crippen LogP contribution in [0.15, 0.2) is 10.7 Å². The molecule has 1 fully saturated rings. The van der Waals surface area contributed by atoms with Gasteiger partial charge in [-0.2, -0.15) is 5.26 Å². The highest BCUT2D eigenvalue weighted by molar-refractivity contribution is 7.16. The van der Waals surface area contributed by atoms with Crippen LogP contribution in [0.3, 0.4) is 0 Å². The van der Waals surface area contributed by atoms with Crippen LogP contribution in [-0.4, -0.2) is 58.9 Å². The summed E-state index contributed by atoms with van der Waals surface area (Å²) in [6, 6.07) is 3.20. The predicted molar refractivity (Wildman–Crippen MR) is 146 cm³/mol. The number of nitriles is 1. The molecule has 0 unspecified atom stereocenters. The first kappa shape index (κ1) is 23.9. The number of aryl methyl sites for hydroxylation is 1. The second kappa shape index (κ2) is 8.95. The molecule has 3 aromatic rings. The first-order chi connectivity index (χ1) is 18.5. The van der Waals surface area contributed by atoms with Crippen LogP contribution in [0.25, 0.3) is 11.5 Å². The van der Waals surface area contributed by atoms with Crippen LogP contribution in [0.5, 0.6) is 5.75 Å². The number of nitrogens with two attached hydrogens (primary N) is 1. The highest BCUT2D eigenvalue weighted by Gasteiger charge is 2.49. The van der Waals surface area contributed by atoms with Crippen LogP contribution in [0.4, 0.5) is 10.8 Å².